The summed E-state index contributed by atoms with van der Waals surface area (Å²) in [6.45, 7) is 2.25. The van der Waals surface area contributed by atoms with Gasteiger partial charge >= 0.3 is 0 Å². The van der Waals surface area contributed by atoms with E-state index in [1.54, 1.807) is 7.11 Å². The van der Waals surface area contributed by atoms with Gasteiger partial charge in [0.15, 0.2) is 5.05 Å². The standard InChI is InChI=1S/C8H14OS/c1-6-4-3-5-7(6)8(10)9-2/h6-7H,3-5H2,1-2H3. The van der Waals surface area contributed by atoms with Crippen molar-refractivity contribution in [3.63, 3.8) is 0 Å². The lowest BCUT2D eigenvalue weighted by atomic mass is 9.99. The van der Waals surface area contributed by atoms with Crippen molar-refractivity contribution in [3.05, 3.63) is 0 Å². The highest BCUT2D eigenvalue weighted by Gasteiger charge is 2.27. The third-order valence-corrected chi connectivity index (χ3v) is 2.83. The maximum Gasteiger partial charge on any atom is 0.162 e. The Morgan fingerprint density at radius 2 is 2.20 bits per heavy atom. The van der Waals surface area contributed by atoms with E-state index in [1.165, 1.54) is 19.3 Å². The van der Waals surface area contributed by atoms with E-state index < -0.39 is 0 Å². The Hall–Kier alpha value is -0.110. The van der Waals surface area contributed by atoms with Crippen LogP contribution in [-0.2, 0) is 4.74 Å². The first-order valence-corrected chi connectivity index (χ1v) is 4.24. The zero-order valence-corrected chi connectivity index (χ0v) is 7.41. The van der Waals surface area contributed by atoms with Gasteiger partial charge in [-0.3, -0.25) is 0 Å². The molecular weight excluding hydrogens is 144 g/mol. The highest BCUT2D eigenvalue weighted by Crippen LogP contribution is 2.32. The van der Waals surface area contributed by atoms with Gasteiger partial charge in [0.25, 0.3) is 0 Å². The van der Waals surface area contributed by atoms with Crippen molar-refractivity contribution in [1.82, 2.24) is 0 Å². The van der Waals surface area contributed by atoms with Gasteiger partial charge in [-0.2, -0.15) is 0 Å². The monoisotopic (exact) mass is 158 g/mol. The molecule has 0 saturated heterocycles. The van der Waals surface area contributed by atoms with Crippen LogP contribution in [0.2, 0.25) is 0 Å². The van der Waals surface area contributed by atoms with Crippen molar-refractivity contribution in [2.24, 2.45) is 11.8 Å². The van der Waals surface area contributed by atoms with Crippen LogP contribution in [-0.4, -0.2) is 12.2 Å². The van der Waals surface area contributed by atoms with Gasteiger partial charge in [-0.25, -0.2) is 0 Å². The van der Waals surface area contributed by atoms with Crippen molar-refractivity contribution < 1.29 is 4.74 Å². The fourth-order valence-electron chi connectivity index (χ4n) is 1.65. The second-order valence-electron chi connectivity index (χ2n) is 3.04. The van der Waals surface area contributed by atoms with E-state index in [2.05, 4.69) is 6.92 Å². The summed E-state index contributed by atoms with van der Waals surface area (Å²) in [5.41, 5.74) is 0. The van der Waals surface area contributed by atoms with Gasteiger partial charge in [0, 0.05) is 5.92 Å². The Morgan fingerprint density at radius 1 is 1.50 bits per heavy atom. The number of hydrogen-bond acceptors (Lipinski definition) is 2. The normalized spacial score (nSPS) is 32.2. The van der Waals surface area contributed by atoms with E-state index in [1.807, 2.05) is 0 Å². The number of methoxy groups -OCH3 is 1. The van der Waals surface area contributed by atoms with Crippen molar-refractivity contribution in [3.8, 4) is 0 Å². The summed E-state index contributed by atoms with van der Waals surface area (Å²) in [5.74, 6) is 1.30. The van der Waals surface area contributed by atoms with Gasteiger partial charge in [-0.1, -0.05) is 13.3 Å². The quantitative estimate of drug-likeness (QED) is 0.542. The summed E-state index contributed by atoms with van der Waals surface area (Å²) >= 11 is 5.07. The lowest BCUT2D eigenvalue weighted by Crippen LogP contribution is -2.16. The van der Waals surface area contributed by atoms with Gasteiger partial charge in [0.2, 0.25) is 0 Å². The van der Waals surface area contributed by atoms with Crippen LogP contribution in [0.15, 0.2) is 0 Å². The first-order valence-electron chi connectivity index (χ1n) is 3.83. The predicted molar refractivity (Wildman–Crippen MR) is 46.1 cm³/mol. The molecule has 1 saturated carbocycles. The zero-order valence-electron chi connectivity index (χ0n) is 6.59. The van der Waals surface area contributed by atoms with Gasteiger partial charge in [-0.05, 0) is 31.0 Å². The van der Waals surface area contributed by atoms with Crippen LogP contribution in [0.25, 0.3) is 0 Å². The van der Waals surface area contributed by atoms with Crippen LogP contribution in [0.3, 0.4) is 0 Å². The molecule has 2 unspecified atom stereocenters. The van der Waals surface area contributed by atoms with Crippen molar-refractivity contribution in [2.75, 3.05) is 7.11 Å². The summed E-state index contributed by atoms with van der Waals surface area (Å²) in [6, 6.07) is 0. The molecule has 58 valence electrons. The highest BCUT2D eigenvalue weighted by molar-refractivity contribution is 7.80. The summed E-state index contributed by atoms with van der Waals surface area (Å²) in [7, 11) is 1.67. The zero-order chi connectivity index (χ0) is 7.56. The molecule has 1 fully saturated rings. The molecule has 0 amide bonds. The Kier molecular flexibility index (Phi) is 2.66. The van der Waals surface area contributed by atoms with Crippen LogP contribution in [0, 0.1) is 11.8 Å². The SMILES string of the molecule is COC(=S)C1CCCC1C. The number of thiocarbonyl (C=S) groups is 1. The van der Waals surface area contributed by atoms with Crippen LogP contribution < -0.4 is 0 Å². The van der Waals surface area contributed by atoms with Crippen LogP contribution in [0.5, 0.6) is 0 Å². The molecule has 1 aliphatic rings. The lowest BCUT2D eigenvalue weighted by Gasteiger charge is -2.14. The number of ether oxygens (including phenoxy) is 1. The molecule has 0 radical (unpaired) electrons. The molecule has 0 aromatic heterocycles. The third-order valence-electron chi connectivity index (χ3n) is 2.37. The number of hydrogen-bond donors (Lipinski definition) is 0. The molecule has 0 bridgehead atoms. The van der Waals surface area contributed by atoms with Crippen LogP contribution in [0.4, 0.5) is 0 Å². The van der Waals surface area contributed by atoms with E-state index in [4.69, 9.17) is 17.0 Å². The largest absolute Gasteiger partial charge is 0.490 e. The minimum absolute atomic E-state index is 0.556. The maximum absolute atomic E-state index is 5.07. The van der Waals surface area contributed by atoms with Gasteiger partial charge in [0.1, 0.15) is 0 Å². The molecule has 1 aliphatic carbocycles. The lowest BCUT2D eigenvalue weighted by molar-refractivity contribution is 0.357. The summed E-state index contributed by atoms with van der Waals surface area (Å²) in [6.07, 6.45) is 3.86. The maximum atomic E-state index is 5.07. The minimum atomic E-state index is 0.556. The van der Waals surface area contributed by atoms with E-state index in [0.717, 1.165) is 11.0 Å². The summed E-state index contributed by atoms with van der Waals surface area (Å²) in [5, 5.41) is 0.810. The van der Waals surface area contributed by atoms with Gasteiger partial charge in [-0.15, -0.1) is 0 Å². The molecule has 1 nitrogen and oxygen atoms in total. The fraction of sp³-hybridized carbons (Fsp3) is 0.875. The van der Waals surface area contributed by atoms with E-state index in [9.17, 15) is 0 Å². The number of rotatable bonds is 1. The first kappa shape index (κ1) is 7.99. The molecule has 0 aromatic carbocycles. The fourth-order valence-corrected chi connectivity index (χ4v) is 2.00. The van der Waals surface area contributed by atoms with E-state index >= 15 is 0 Å². The second kappa shape index (κ2) is 3.33. The topological polar surface area (TPSA) is 9.23 Å². The third kappa shape index (κ3) is 1.48. The molecule has 0 aromatic rings. The van der Waals surface area contributed by atoms with Crippen LogP contribution in [0.1, 0.15) is 26.2 Å². The summed E-state index contributed by atoms with van der Waals surface area (Å²) < 4.78 is 5.04. The Balaban J connectivity index is 2.46. The Morgan fingerprint density at radius 3 is 2.60 bits per heavy atom. The minimum Gasteiger partial charge on any atom is -0.490 e. The summed E-state index contributed by atoms with van der Waals surface area (Å²) in [4.78, 5) is 0. The average Bonchev–Trinajstić information content (AvgIpc) is 2.34. The van der Waals surface area contributed by atoms with Crippen molar-refractivity contribution in [2.45, 2.75) is 26.2 Å². The first-order chi connectivity index (χ1) is 4.75. The van der Waals surface area contributed by atoms with E-state index in [-0.39, 0.29) is 0 Å². The second-order valence-corrected chi connectivity index (χ2v) is 3.44. The molecule has 2 atom stereocenters. The molecule has 0 spiro atoms. The average molecular weight is 158 g/mol. The smallest absolute Gasteiger partial charge is 0.162 e. The van der Waals surface area contributed by atoms with Crippen molar-refractivity contribution >= 4 is 17.3 Å². The Bertz CT molecular complexity index is 133. The molecule has 0 heterocycles. The molecule has 10 heavy (non-hydrogen) atoms. The Labute approximate surface area is 67.8 Å². The molecular formula is C8H14OS. The van der Waals surface area contributed by atoms with Crippen molar-refractivity contribution in [1.29, 1.82) is 0 Å². The molecule has 0 aliphatic heterocycles. The van der Waals surface area contributed by atoms with Gasteiger partial charge in [0.05, 0.1) is 7.11 Å². The molecule has 2 heteroatoms. The highest BCUT2D eigenvalue weighted by atomic mass is 32.1. The van der Waals surface area contributed by atoms with E-state index in [0.29, 0.717) is 5.92 Å². The van der Waals surface area contributed by atoms with Crippen LogP contribution >= 0.6 is 12.2 Å². The molecule has 1 rings (SSSR count). The molecule has 0 N–H and O–H groups in total. The predicted octanol–water partition coefficient (Wildman–Crippen LogP) is 2.40. The van der Waals surface area contributed by atoms with Gasteiger partial charge < -0.3 is 4.74 Å².